The molecule has 1 heterocycles. The normalized spacial score (nSPS) is 14.8. The second kappa shape index (κ2) is 10.9. The molecule has 1 aliphatic rings. The Labute approximate surface area is 210 Å². The van der Waals surface area contributed by atoms with Gasteiger partial charge in [-0.1, -0.05) is 43.2 Å². The second-order valence-corrected chi connectivity index (χ2v) is 10.1. The highest BCUT2D eigenvalue weighted by atomic mass is 16.6. The molecule has 0 spiro atoms. The lowest BCUT2D eigenvalue weighted by atomic mass is 9.90. The Kier molecular flexibility index (Phi) is 8.17. The van der Waals surface area contributed by atoms with Gasteiger partial charge in [0.05, 0.1) is 11.6 Å². The molecule has 1 saturated carbocycles. The molecule has 1 aromatic carbocycles. The molecule has 2 amide bonds. The third kappa shape index (κ3) is 6.10. The molecule has 0 unspecified atom stereocenters. The number of nitrogens with one attached hydrogen (secondary N) is 1. The van der Waals surface area contributed by atoms with E-state index in [1.54, 1.807) is 32.9 Å². The molecule has 1 fully saturated rings. The quantitative estimate of drug-likeness (QED) is 0.480. The standard InChI is InChI=1S/C26H35N3O7/c1-16-19(21(30)20(18-13-9-10-14-18)27-24(33)36-26(2,3)4)23(32)29(22(16)31)28(5)25(34)35-15-17-11-7-6-8-12-17/h6-8,11-12,18,20,31-32H,9-10,13-15H2,1-5H3,(H,27,33)/t20-/m0/s1. The summed E-state index contributed by atoms with van der Waals surface area (Å²) in [7, 11) is 1.30. The smallest absolute Gasteiger partial charge is 0.429 e. The third-order valence-corrected chi connectivity index (χ3v) is 6.18. The highest BCUT2D eigenvalue weighted by Gasteiger charge is 2.38. The average molecular weight is 502 g/mol. The van der Waals surface area contributed by atoms with E-state index in [2.05, 4.69) is 5.32 Å². The minimum Gasteiger partial charge on any atom is -0.493 e. The van der Waals surface area contributed by atoms with Crippen molar-refractivity contribution in [2.45, 2.75) is 71.6 Å². The Morgan fingerprint density at radius 2 is 1.72 bits per heavy atom. The van der Waals surface area contributed by atoms with E-state index in [0.29, 0.717) is 0 Å². The summed E-state index contributed by atoms with van der Waals surface area (Å²) in [6.07, 6.45) is 1.69. The van der Waals surface area contributed by atoms with E-state index in [4.69, 9.17) is 9.47 Å². The SMILES string of the molecule is Cc1c(C(=O)[C@@H](NC(=O)OC(C)(C)C)C2CCCC2)c(O)n(N(C)C(=O)OCc2ccccc2)c1O. The van der Waals surface area contributed by atoms with Crippen LogP contribution in [0.1, 0.15) is 67.9 Å². The number of ketones is 1. The minimum atomic E-state index is -0.961. The molecule has 3 N–H and O–H groups in total. The van der Waals surface area contributed by atoms with Gasteiger partial charge >= 0.3 is 12.2 Å². The van der Waals surface area contributed by atoms with Crippen LogP contribution in [0.3, 0.4) is 0 Å². The first-order chi connectivity index (χ1) is 16.9. The number of amides is 2. The van der Waals surface area contributed by atoms with E-state index >= 15 is 0 Å². The molecule has 1 aliphatic carbocycles. The van der Waals surface area contributed by atoms with Crippen molar-refractivity contribution in [3.05, 3.63) is 47.0 Å². The average Bonchev–Trinajstić information content (AvgIpc) is 3.41. The van der Waals surface area contributed by atoms with Gasteiger partial charge in [0.15, 0.2) is 5.78 Å². The van der Waals surface area contributed by atoms with Crippen LogP contribution in [-0.2, 0) is 16.1 Å². The molecule has 1 aromatic heterocycles. The predicted octanol–water partition coefficient (Wildman–Crippen LogP) is 4.38. The summed E-state index contributed by atoms with van der Waals surface area (Å²) < 4.78 is 11.4. The number of carbonyl (C=O) groups is 3. The van der Waals surface area contributed by atoms with Gasteiger partial charge in [-0.15, -0.1) is 0 Å². The number of ether oxygens (including phenoxy) is 2. The Morgan fingerprint density at radius 3 is 2.31 bits per heavy atom. The molecule has 0 radical (unpaired) electrons. The van der Waals surface area contributed by atoms with E-state index < -0.39 is 41.4 Å². The van der Waals surface area contributed by atoms with E-state index in [0.717, 1.165) is 40.9 Å². The lowest BCUT2D eigenvalue weighted by Gasteiger charge is -2.26. The second-order valence-electron chi connectivity index (χ2n) is 10.1. The van der Waals surface area contributed by atoms with Crippen LogP contribution in [0.4, 0.5) is 9.59 Å². The Morgan fingerprint density at radius 1 is 1.11 bits per heavy atom. The number of hydrogen-bond donors (Lipinski definition) is 3. The maximum atomic E-state index is 13.7. The van der Waals surface area contributed by atoms with Crippen molar-refractivity contribution in [2.24, 2.45) is 5.92 Å². The zero-order valence-corrected chi connectivity index (χ0v) is 21.4. The van der Waals surface area contributed by atoms with E-state index in [-0.39, 0.29) is 23.7 Å². The van der Waals surface area contributed by atoms with Crippen LogP contribution in [0.25, 0.3) is 0 Å². The van der Waals surface area contributed by atoms with Gasteiger partial charge in [0, 0.05) is 12.6 Å². The van der Waals surface area contributed by atoms with Gasteiger partial charge in [-0.2, -0.15) is 4.68 Å². The van der Waals surface area contributed by atoms with Crippen LogP contribution in [0, 0.1) is 12.8 Å². The molecule has 0 bridgehead atoms. The molecular formula is C26H35N3O7. The van der Waals surface area contributed by atoms with E-state index in [9.17, 15) is 24.6 Å². The van der Waals surface area contributed by atoms with Crippen molar-refractivity contribution >= 4 is 18.0 Å². The van der Waals surface area contributed by atoms with Crippen molar-refractivity contribution in [2.75, 3.05) is 12.1 Å². The fraction of sp³-hybridized carbons (Fsp3) is 0.500. The van der Waals surface area contributed by atoms with Crippen LogP contribution in [0.5, 0.6) is 11.8 Å². The summed E-state index contributed by atoms with van der Waals surface area (Å²) in [6, 6.07) is 8.08. The van der Waals surface area contributed by atoms with Crippen molar-refractivity contribution < 1.29 is 34.1 Å². The van der Waals surface area contributed by atoms with Crippen molar-refractivity contribution in [3.63, 3.8) is 0 Å². The van der Waals surface area contributed by atoms with Gasteiger partial charge in [-0.05, 0) is 52.0 Å². The van der Waals surface area contributed by atoms with Crippen molar-refractivity contribution in [1.29, 1.82) is 0 Å². The van der Waals surface area contributed by atoms with Gasteiger partial charge < -0.3 is 25.0 Å². The number of carbonyl (C=O) groups excluding carboxylic acids is 3. The molecule has 2 aromatic rings. The number of alkyl carbamates (subject to hydrolysis) is 1. The first-order valence-corrected chi connectivity index (χ1v) is 12.0. The molecular weight excluding hydrogens is 466 g/mol. The number of aromatic hydroxyl groups is 2. The number of aromatic nitrogens is 1. The number of nitrogens with zero attached hydrogens (tertiary/aromatic N) is 2. The molecule has 1 atom stereocenters. The van der Waals surface area contributed by atoms with Crippen molar-refractivity contribution in [3.8, 4) is 11.8 Å². The van der Waals surface area contributed by atoms with Crippen molar-refractivity contribution in [1.82, 2.24) is 9.99 Å². The Bertz CT molecular complexity index is 1100. The maximum Gasteiger partial charge on any atom is 0.429 e. The topological polar surface area (TPSA) is 130 Å². The number of rotatable bonds is 7. The van der Waals surface area contributed by atoms with E-state index in [1.165, 1.54) is 14.0 Å². The molecule has 196 valence electrons. The van der Waals surface area contributed by atoms with Crippen LogP contribution >= 0.6 is 0 Å². The summed E-state index contributed by atoms with van der Waals surface area (Å²) >= 11 is 0. The monoisotopic (exact) mass is 501 g/mol. The van der Waals surface area contributed by atoms with Gasteiger partial charge in [0.2, 0.25) is 11.8 Å². The summed E-state index contributed by atoms with van der Waals surface area (Å²) in [5, 5.41) is 25.2. The fourth-order valence-corrected chi connectivity index (χ4v) is 4.40. The molecule has 3 rings (SSSR count). The van der Waals surface area contributed by atoms with Gasteiger partial charge in [-0.3, -0.25) is 4.79 Å². The first-order valence-electron chi connectivity index (χ1n) is 12.0. The number of benzene rings is 1. The molecule has 0 aliphatic heterocycles. The van der Waals surface area contributed by atoms with Crippen LogP contribution in [-0.4, -0.2) is 51.5 Å². The van der Waals surface area contributed by atoms with E-state index in [1.807, 2.05) is 18.2 Å². The predicted molar refractivity (Wildman–Crippen MR) is 133 cm³/mol. The number of Topliss-reactive ketones (excluding diaryl/α,β-unsaturated/α-hetero) is 1. The lowest BCUT2D eigenvalue weighted by molar-refractivity contribution is 0.0470. The molecule has 10 heteroatoms. The van der Waals surface area contributed by atoms with Gasteiger partial charge in [0.1, 0.15) is 12.2 Å². The Balaban J connectivity index is 1.85. The van der Waals surface area contributed by atoms with Gasteiger partial charge in [0.25, 0.3) is 0 Å². The summed E-state index contributed by atoms with van der Waals surface area (Å²) in [5.74, 6) is -1.83. The van der Waals surface area contributed by atoms with Crippen LogP contribution in [0.15, 0.2) is 30.3 Å². The van der Waals surface area contributed by atoms with Crippen LogP contribution in [0.2, 0.25) is 0 Å². The zero-order chi connectivity index (χ0) is 26.6. The highest BCUT2D eigenvalue weighted by Crippen LogP contribution is 2.37. The summed E-state index contributed by atoms with van der Waals surface area (Å²) in [5.41, 5.74) is -0.0900. The summed E-state index contributed by atoms with van der Waals surface area (Å²) in [6.45, 7) is 6.61. The first kappa shape index (κ1) is 26.9. The third-order valence-electron chi connectivity index (χ3n) is 6.18. The largest absolute Gasteiger partial charge is 0.493 e. The van der Waals surface area contributed by atoms with Gasteiger partial charge in [-0.25, -0.2) is 14.6 Å². The highest BCUT2D eigenvalue weighted by molar-refractivity contribution is 6.05. The Hall–Kier alpha value is -3.69. The molecule has 0 saturated heterocycles. The van der Waals surface area contributed by atoms with Crippen LogP contribution < -0.4 is 10.3 Å². The maximum absolute atomic E-state index is 13.7. The minimum absolute atomic E-state index is 0.0128. The number of hydrogen-bond acceptors (Lipinski definition) is 7. The molecule has 36 heavy (non-hydrogen) atoms. The zero-order valence-electron chi connectivity index (χ0n) is 21.4. The fourth-order valence-electron chi connectivity index (χ4n) is 4.40. The summed E-state index contributed by atoms with van der Waals surface area (Å²) in [4.78, 5) is 38.8. The lowest BCUT2D eigenvalue weighted by Crippen LogP contribution is -2.47. The molecule has 10 nitrogen and oxygen atoms in total.